The Morgan fingerprint density at radius 1 is 1.30 bits per heavy atom. The first-order valence-corrected chi connectivity index (χ1v) is 6.85. The second kappa shape index (κ2) is 4.47. The van der Waals surface area contributed by atoms with Crippen LogP contribution in [-0.2, 0) is 15.3 Å². The van der Waals surface area contributed by atoms with E-state index in [0.717, 1.165) is 17.0 Å². The molecule has 20 heavy (non-hydrogen) atoms. The second-order valence-corrected chi connectivity index (χ2v) is 5.52. The van der Waals surface area contributed by atoms with E-state index in [1.165, 1.54) is 0 Å². The SMILES string of the molecule is Cc1cc(C)n([C@@]2(c3ccccc3)C[C@H](C)C(=O)O2)n1. The number of esters is 1. The van der Waals surface area contributed by atoms with Crippen LogP contribution in [0.2, 0.25) is 0 Å². The Kier molecular flexibility index (Phi) is 2.89. The molecule has 0 bridgehead atoms. The number of carbonyl (C=O) groups is 1. The Morgan fingerprint density at radius 3 is 2.50 bits per heavy atom. The highest BCUT2D eigenvalue weighted by Gasteiger charge is 2.49. The summed E-state index contributed by atoms with van der Waals surface area (Å²) >= 11 is 0. The predicted octanol–water partition coefficient (Wildman–Crippen LogP) is 2.78. The largest absolute Gasteiger partial charge is 0.432 e. The van der Waals surface area contributed by atoms with Gasteiger partial charge in [-0.1, -0.05) is 37.3 Å². The molecule has 1 aliphatic rings. The van der Waals surface area contributed by atoms with Crippen molar-refractivity contribution < 1.29 is 9.53 Å². The molecule has 0 amide bonds. The lowest BCUT2D eigenvalue weighted by Crippen LogP contribution is -2.36. The highest BCUT2D eigenvalue weighted by Crippen LogP contribution is 2.41. The van der Waals surface area contributed by atoms with E-state index in [1.807, 2.05) is 61.9 Å². The Morgan fingerprint density at radius 2 is 2.00 bits per heavy atom. The minimum atomic E-state index is -0.809. The zero-order chi connectivity index (χ0) is 14.3. The number of aryl methyl sites for hydroxylation is 2. The van der Waals surface area contributed by atoms with Crippen molar-refractivity contribution in [2.75, 3.05) is 0 Å². The first-order chi connectivity index (χ1) is 9.53. The van der Waals surface area contributed by atoms with Gasteiger partial charge in [0.25, 0.3) is 0 Å². The monoisotopic (exact) mass is 270 g/mol. The lowest BCUT2D eigenvalue weighted by molar-refractivity contribution is -0.154. The van der Waals surface area contributed by atoms with Gasteiger partial charge in [-0.3, -0.25) is 4.79 Å². The van der Waals surface area contributed by atoms with Crippen LogP contribution < -0.4 is 0 Å². The summed E-state index contributed by atoms with van der Waals surface area (Å²) in [6, 6.07) is 11.9. The van der Waals surface area contributed by atoms with Gasteiger partial charge < -0.3 is 4.74 Å². The van der Waals surface area contributed by atoms with Crippen LogP contribution in [0.15, 0.2) is 36.4 Å². The number of nitrogens with zero attached hydrogens (tertiary/aromatic N) is 2. The molecule has 1 fully saturated rings. The maximum atomic E-state index is 12.0. The van der Waals surface area contributed by atoms with Gasteiger partial charge in [0.05, 0.1) is 11.6 Å². The minimum Gasteiger partial charge on any atom is -0.432 e. The minimum absolute atomic E-state index is 0.126. The van der Waals surface area contributed by atoms with E-state index in [1.54, 1.807) is 0 Å². The third-order valence-electron chi connectivity index (χ3n) is 3.83. The van der Waals surface area contributed by atoms with Crippen molar-refractivity contribution in [3.05, 3.63) is 53.3 Å². The van der Waals surface area contributed by atoms with Crippen LogP contribution in [-0.4, -0.2) is 15.7 Å². The molecule has 4 heteroatoms. The molecule has 2 aromatic rings. The molecule has 4 nitrogen and oxygen atoms in total. The van der Waals surface area contributed by atoms with E-state index in [2.05, 4.69) is 5.10 Å². The fraction of sp³-hybridized carbons (Fsp3) is 0.375. The third kappa shape index (κ3) is 1.83. The molecular weight excluding hydrogens is 252 g/mol. The van der Waals surface area contributed by atoms with E-state index >= 15 is 0 Å². The lowest BCUT2D eigenvalue weighted by atomic mass is 9.95. The standard InChI is InChI=1S/C16H18N2O2/c1-11-10-16(20-15(11)19,14-7-5-4-6-8-14)18-13(3)9-12(2)17-18/h4-9,11H,10H2,1-3H3/t11-,16-/m0/s1. The Balaban J connectivity index is 2.20. The summed E-state index contributed by atoms with van der Waals surface area (Å²) in [7, 11) is 0. The average molecular weight is 270 g/mol. The maximum absolute atomic E-state index is 12.0. The van der Waals surface area contributed by atoms with Crippen molar-refractivity contribution in [1.82, 2.24) is 9.78 Å². The van der Waals surface area contributed by atoms with Crippen molar-refractivity contribution in [3.8, 4) is 0 Å². The van der Waals surface area contributed by atoms with Gasteiger partial charge in [-0.05, 0) is 19.9 Å². The zero-order valence-electron chi connectivity index (χ0n) is 12.0. The smallest absolute Gasteiger partial charge is 0.311 e. The molecule has 0 spiro atoms. The molecule has 1 aromatic heterocycles. The van der Waals surface area contributed by atoms with E-state index in [-0.39, 0.29) is 11.9 Å². The molecule has 0 saturated carbocycles. The van der Waals surface area contributed by atoms with Gasteiger partial charge in [-0.2, -0.15) is 5.10 Å². The van der Waals surface area contributed by atoms with Gasteiger partial charge >= 0.3 is 5.97 Å². The molecule has 1 aliphatic heterocycles. The molecule has 0 radical (unpaired) electrons. The Bertz CT molecular complexity index is 648. The molecule has 0 aliphatic carbocycles. The van der Waals surface area contributed by atoms with E-state index in [9.17, 15) is 4.79 Å². The molecule has 2 atom stereocenters. The molecule has 104 valence electrons. The van der Waals surface area contributed by atoms with Gasteiger partial charge in [-0.15, -0.1) is 0 Å². The van der Waals surface area contributed by atoms with Crippen molar-refractivity contribution in [2.45, 2.75) is 32.9 Å². The molecule has 0 unspecified atom stereocenters. The molecule has 1 aromatic carbocycles. The number of benzene rings is 1. The van der Waals surface area contributed by atoms with Crippen LogP contribution in [0.25, 0.3) is 0 Å². The summed E-state index contributed by atoms with van der Waals surface area (Å²) in [5.41, 5.74) is 2.07. The lowest BCUT2D eigenvalue weighted by Gasteiger charge is -2.30. The van der Waals surface area contributed by atoms with Gasteiger partial charge in [-0.25, -0.2) is 4.68 Å². The summed E-state index contributed by atoms with van der Waals surface area (Å²) in [6.45, 7) is 5.84. The summed E-state index contributed by atoms with van der Waals surface area (Å²) in [4.78, 5) is 12.0. The number of aromatic nitrogens is 2. The molecule has 3 rings (SSSR count). The number of hydrogen-bond acceptors (Lipinski definition) is 3. The summed E-state index contributed by atoms with van der Waals surface area (Å²) in [6.07, 6.45) is 0.609. The molecule has 1 saturated heterocycles. The number of hydrogen-bond donors (Lipinski definition) is 0. The summed E-state index contributed by atoms with van der Waals surface area (Å²) in [5.74, 6) is -0.291. The van der Waals surface area contributed by atoms with Crippen molar-refractivity contribution in [2.24, 2.45) is 5.92 Å². The van der Waals surface area contributed by atoms with Crippen LogP contribution in [0.4, 0.5) is 0 Å². The highest BCUT2D eigenvalue weighted by molar-refractivity contribution is 5.75. The number of rotatable bonds is 2. The van der Waals surface area contributed by atoms with Crippen LogP contribution in [0.1, 0.15) is 30.3 Å². The van der Waals surface area contributed by atoms with Crippen molar-refractivity contribution in [1.29, 1.82) is 0 Å². The summed E-state index contributed by atoms with van der Waals surface area (Å²) < 4.78 is 7.64. The van der Waals surface area contributed by atoms with Crippen LogP contribution >= 0.6 is 0 Å². The first-order valence-electron chi connectivity index (χ1n) is 6.85. The maximum Gasteiger partial charge on any atom is 0.311 e. The Labute approximate surface area is 118 Å². The van der Waals surface area contributed by atoms with Crippen LogP contribution in [0.3, 0.4) is 0 Å². The number of cyclic esters (lactones) is 1. The predicted molar refractivity (Wildman–Crippen MR) is 75.1 cm³/mol. The fourth-order valence-electron chi connectivity index (χ4n) is 2.93. The van der Waals surface area contributed by atoms with Crippen LogP contribution in [0.5, 0.6) is 0 Å². The fourth-order valence-corrected chi connectivity index (χ4v) is 2.93. The highest BCUT2D eigenvalue weighted by atomic mass is 16.6. The summed E-state index contributed by atoms with van der Waals surface area (Å²) in [5, 5.41) is 4.55. The van der Waals surface area contributed by atoms with Crippen molar-refractivity contribution >= 4 is 5.97 Å². The number of ether oxygens (including phenoxy) is 1. The Hall–Kier alpha value is -2.10. The number of carbonyl (C=O) groups excluding carboxylic acids is 1. The van der Waals surface area contributed by atoms with Crippen LogP contribution in [0, 0.1) is 19.8 Å². The zero-order valence-corrected chi connectivity index (χ0v) is 12.0. The van der Waals surface area contributed by atoms with Gasteiger partial charge in [0.15, 0.2) is 0 Å². The quantitative estimate of drug-likeness (QED) is 0.788. The molecule has 2 heterocycles. The topological polar surface area (TPSA) is 44.1 Å². The van der Waals surface area contributed by atoms with Gasteiger partial charge in [0.2, 0.25) is 5.72 Å². The van der Waals surface area contributed by atoms with Gasteiger partial charge in [0, 0.05) is 17.7 Å². The van der Waals surface area contributed by atoms with E-state index in [0.29, 0.717) is 6.42 Å². The second-order valence-electron chi connectivity index (χ2n) is 5.52. The van der Waals surface area contributed by atoms with E-state index < -0.39 is 5.72 Å². The normalized spacial score (nSPS) is 25.8. The molecular formula is C16H18N2O2. The molecule has 0 N–H and O–H groups in total. The van der Waals surface area contributed by atoms with Crippen molar-refractivity contribution in [3.63, 3.8) is 0 Å². The van der Waals surface area contributed by atoms with Gasteiger partial charge in [0.1, 0.15) is 0 Å². The third-order valence-corrected chi connectivity index (χ3v) is 3.83. The average Bonchev–Trinajstić information content (AvgIpc) is 2.92. The van der Waals surface area contributed by atoms with E-state index in [4.69, 9.17) is 4.74 Å². The first kappa shape index (κ1) is 12.9.